The molecule has 0 saturated heterocycles. The van der Waals surface area contributed by atoms with Gasteiger partial charge in [-0.1, -0.05) is 35.5 Å². The number of benzene rings is 1. The van der Waals surface area contributed by atoms with Gasteiger partial charge in [-0.3, -0.25) is 0 Å². The minimum Gasteiger partial charge on any atom is -0.322 e. The molecule has 1 heterocycles. The molecule has 2 aromatic rings. The largest absolute Gasteiger partial charge is 0.322 e. The molecule has 0 aliphatic heterocycles. The lowest BCUT2D eigenvalue weighted by Crippen LogP contribution is -2.28. The molecular weight excluding hydrogens is 292 g/mol. The molecule has 1 saturated carbocycles. The summed E-state index contributed by atoms with van der Waals surface area (Å²) in [6, 6.07) is 10.4. The molecular formula is C13H15BrN4. The van der Waals surface area contributed by atoms with Crippen molar-refractivity contribution in [3.8, 4) is 0 Å². The zero-order valence-electron chi connectivity index (χ0n) is 10.2. The second-order valence-corrected chi connectivity index (χ2v) is 5.64. The van der Waals surface area contributed by atoms with Crippen LogP contribution in [-0.4, -0.2) is 15.0 Å². The first-order chi connectivity index (χ1) is 8.65. The third-order valence-corrected chi connectivity index (χ3v) is 4.42. The van der Waals surface area contributed by atoms with Gasteiger partial charge >= 0.3 is 0 Å². The Morgan fingerprint density at radius 2 is 2.00 bits per heavy atom. The highest BCUT2D eigenvalue weighted by Gasteiger charge is 2.51. The minimum atomic E-state index is -0.0747. The lowest BCUT2D eigenvalue weighted by atomic mass is 9.87. The van der Waals surface area contributed by atoms with Crippen molar-refractivity contribution in [1.29, 1.82) is 0 Å². The molecule has 1 aromatic carbocycles. The third-order valence-electron chi connectivity index (χ3n) is 3.85. The molecule has 1 unspecified atom stereocenters. The van der Waals surface area contributed by atoms with Gasteiger partial charge in [0.15, 0.2) is 4.60 Å². The predicted molar refractivity (Wildman–Crippen MR) is 73.0 cm³/mol. The number of hydrogen-bond donors (Lipinski definition) is 1. The van der Waals surface area contributed by atoms with Crippen molar-refractivity contribution in [2.45, 2.75) is 24.3 Å². The Bertz CT molecular complexity index is 540. The molecule has 1 fully saturated rings. The van der Waals surface area contributed by atoms with Gasteiger partial charge in [0.25, 0.3) is 0 Å². The van der Waals surface area contributed by atoms with E-state index in [0.29, 0.717) is 0 Å². The van der Waals surface area contributed by atoms with Crippen molar-refractivity contribution >= 4 is 15.9 Å². The second kappa shape index (κ2) is 4.17. The maximum absolute atomic E-state index is 6.48. The lowest BCUT2D eigenvalue weighted by Gasteiger charge is -2.24. The topological polar surface area (TPSA) is 56.7 Å². The van der Waals surface area contributed by atoms with Crippen LogP contribution in [0.15, 0.2) is 34.9 Å². The number of aromatic nitrogens is 3. The summed E-state index contributed by atoms with van der Waals surface area (Å²) in [6.45, 7) is 0. The molecule has 1 aromatic heterocycles. The first-order valence-corrected chi connectivity index (χ1v) is 6.80. The van der Waals surface area contributed by atoms with E-state index >= 15 is 0 Å². The number of halogens is 1. The summed E-state index contributed by atoms with van der Waals surface area (Å²) in [5, 5.41) is 8.03. The smallest absolute Gasteiger partial charge is 0.153 e. The summed E-state index contributed by atoms with van der Waals surface area (Å²) in [7, 11) is 1.88. The highest BCUT2D eigenvalue weighted by Crippen LogP contribution is 2.55. The van der Waals surface area contributed by atoms with E-state index in [2.05, 4.69) is 50.5 Å². The van der Waals surface area contributed by atoms with Crippen LogP contribution in [0.3, 0.4) is 0 Å². The highest BCUT2D eigenvalue weighted by molar-refractivity contribution is 9.10. The van der Waals surface area contributed by atoms with Gasteiger partial charge in [-0.2, -0.15) is 0 Å². The van der Waals surface area contributed by atoms with Crippen LogP contribution in [0.5, 0.6) is 0 Å². The number of rotatable bonds is 3. The molecule has 4 nitrogen and oxygen atoms in total. The number of aryl methyl sites for hydroxylation is 1. The van der Waals surface area contributed by atoms with Gasteiger partial charge < -0.3 is 5.73 Å². The fourth-order valence-corrected chi connectivity index (χ4v) is 3.19. The Morgan fingerprint density at radius 3 is 2.50 bits per heavy atom. The average Bonchev–Trinajstić information content (AvgIpc) is 3.13. The van der Waals surface area contributed by atoms with Crippen molar-refractivity contribution < 1.29 is 0 Å². The Kier molecular flexibility index (Phi) is 2.75. The van der Waals surface area contributed by atoms with Crippen molar-refractivity contribution in [3.63, 3.8) is 0 Å². The first kappa shape index (κ1) is 11.9. The predicted octanol–water partition coefficient (Wildman–Crippen LogP) is 2.31. The summed E-state index contributed by atoms with van der Waals surface area (Å²) in [6.07, 6.45) is 2.24. The van der Waals surface area contributed by atoms with Crippen LogP contribution in [0, 0.1) is 0 Å². The molecule has 18 heavy (non-hydrogen) atoms. The quantitative estimate of drug-likeness (QED) is 0.946. The van der Waals surface area contributed by atoms with E-state index in [4.69, 9.17) is 5.73 Å². The Morgan fingerprint density at radius 1 is 1.33 bits per heavy atom. The number of nitrogens with zero attached hydrogens (tertiary/aromatic N) is 3. The Labute approximate surface area is 114 Å². The van der Waals surface area contributed by atoms with Gasteiger partial charge in [-0.15, -0.1) is 5.10 Å². The van der Waals surface area contributed by atoms with E-state index in [0.717, 1.165) is 23.1 Å². The van der Waals surface area contributed by atoms with Crippen LogP contribution < -0.4 is 5.73 Å². The zero-order chi connectivity index (χ0) is 12.8. The standard InChI is InChI=1S/C13H15BrN4/c1-18-10(12(14)16-17-18)11(15)13(7-8-13)9-5-3-2-4-6-9/h2-6,11H,7-8,15H2,1H3. The molecule has 0 amide bonds. The Balaban J connectivity index is 2.01. The van der Waals surface area contributed by atoms with Crippen LogP contribution in [0.2, 0.25) is 0 Å². The molecule has 1 aliphatic rings. The van der Waals surface area contributed by atoms with E-state index in [-0.39, 0.29) is 11.5 Å². The molecule has 2 N–H and O–H groups in total. The maximum atomic E-state index is 6.48. The SMILES string of the molecule is Cn1nnc(Br)c1C(N)C1(c2ccccc2)CC1. The summed E-state index contributed by atoms with van der Waals surface area (Å²) >= 11 is 3.44. The first-order valence-electron chi connectivity index (χ1n) is 6.01. The summed E-state index contributed by atoms with van der Waals surface area (Å²) in [4.78, 5) is 0. The fourth-order valence-electron chi connectivity index (χ4n) is 2.61. The van der Waals surface area contributed by atoms with Crippen LogP contribution >= 0.6 is 15.9 Å². The molecule has 0 radical (unpaired) electrons. The van der Waals surface area contributed by atoms with E-state index in [1.807, 2.05) is 13.1 Å². The van der Waals surface area contributed by atoms with Crippen molar-refractivity contribution in [3.05, 3.63) is 46.2 Å². The van der Waals surface area contributed by atoms with Crippen LogP contribution in [0.4, 0.5) is 0 Å². The molecule has 5 heteroatoms. The monoisotopic (exact) mass is 306 g/mol. The molecule has 0 bridgehead atoms. The molecule has 3 rings (SSSR count). The summed E-state index contributed by atoms with van der Waals surface area (Å²) in [5.74, 6) is 0. The summed E-state index contributed by atoms with van der Waals surface area (Å²) in [5.41, 5.74) is 8.82. The highest BCUT2D eigenvalue weighted by atomic mass is 79.9. The Hall–Kier alpha value is -1.20. The number of hydrogen-bond acceptors (Lipinski definition) is 3. The van der Waals surface area contributed by atoms with Gasteiger partial charge in [-0.25, -0.2) is 4.68 Å². The van der Waals surface area contributed by atoms with E-state index in [1.165, 1.54) is 5.56 Å². The van der Waals surface area contributed by atoms with Crippen LogP contribution in [0.1, 0.15) is 30.1 Å². The van der Waals surface area contributed by atoms with Gasteiger partial charge in [0.1, 0.15) is 0 Å². The van der Waals surface area contributed by atoms with Crippen molar-refractivity contribution in [2.24, 2.45) is 12.8 Å². The second-order valence-electron chi connectivity index (χ2n) is 4.89. The zero-order valence-corrected chi connectivity index (χ0v) is 11.8. The van der Waals surface area contributed by atoms with Gasteiger partial charge in [0.05, 0.1) is 11.7 Å². The van der Waals surface area contributed by atoms with Crippen LogP contribution in [-0.2, 0) is 12.5 Å². The van der Waals surface area contributed by atoms with E-state index < -0.39 is 0 Å². The summed E-state index contributed by atoms with van der Waals surface area (Å²) < 4.78 is 2.51. The van der Waals surface area contributed by atoms with Gasteiger partial charge in [0.2, 0.25) is 0 Å². The molecule has 94 valence electrons. The van der Waals surface area contributed by atoms with Crippen molar-refractivity contribution in [2.75, 3.05) is 0 Å². The molecule has 1 aliphatic carbocycles. The average molecular weight is 307 g/mol. The molecule has 1 atom stereocenters. The fraction of sp³-hybridized carbons (Fsp3) is 0.385. The molecule has 0 spiro atoms. The normalized spacial score (nSPS) is 18.6. The minimum absolute atomic E-state index is 0.0548. The lowest BCUT2D eigenvalue weighted by molar-refractivity contribution is 0.498. The van der Waals surface area contributed by atoms with E-state index in [1.54, 1.807) is 4.68 Å². The van der Waals surface area contributed by atoms with Gasteiger partial charge in [-0.05, 0) is 34.3 Å². The van der Waals surface area contributed by atoms with Crippen molar-refractivity contribution in [1.82, 2.24) is 15.0 Å². The third kappa shape index (κ3) is 1.69. The van der Waals surface area contributed by atoms with Crippen LogP contribution in [0.25, 0.3) is 0 Å². The van der Waals surface area contributed by atoms with Gasteiger partial charge in [0, 0.05) is 12.5 Å². The number of nitrogens with two attached hydrogens (primary N) is 1. The maximum Gasteiger partial charge on any atom is 0.153 e. The van der Waals surface area contributed by atoms with E-state index in [9.17, 15) is 0 Å².